The van der Waals surface area contributed by atoms with E-state index in [0.717, 1.165) is 0 Å². The third-order valence-corrected chi connectivity index (χ3v) is 3.77. The molecule has 0 radical (unpaired) electrons. The molecule has 0 unspecified atom stereocenters. The lowest BCUT2D eigenvalue weighted by molar-refractivity contribution is -0.141. The van der Waals surface area contributed by atoms with Gasteiger partial charge in [-0.15, -0.1) is 0 Å². The molecule has 1 amide bonds. The summed E-state index contributed by atoms with van der Waals surface area (Å²) in [6.07, 6.45) is -4.73. The molecule has 9 heteroatoms. The highest BCUT2D eigenvalue weighted by atomic mass is 35.5. The average Bonchev–Trinajstić information content (AvgIpc) is 2.80. The van der Waals surface area contributed by atoms with E-state index in [1.54, 1.807) is 24.3 Å². The summed E-state index contributed by atoms with van der Waals surface area (Å²) in [4.78, 5) is 14.5. The Balaban J connectivity index is 2.17. The second-order valence-corrected chi connectivity index (χ2v) is 5.44. The molecular formula is C12H9ClF3N3OS. The monoisotopic (exact) mass is 335 g/mol. The molecule has 1 aromatic heterocycles. The smallest absolute Gasteiger partial charge is 0.375 e. The van der Waals surface area contributed by atoms with E-state index in [1.807, 2.05) is 0 Å². The van der Waals surface area contributed by atoms with Crippen LogP contribution in [-0.4, -0.2) is 10.9 Å². The van der Waals surface area contributed by atoms with Crippen LogP contribution in [0.3, 0.4) is 0 Å². The fraction of sp³-hybridized carbons (Fsp3) is 0.167. The van der Waals surface area contributed by atoms with E-state index in [4.69, 9.17) is 17.3 Å². The van der Waals surface area contributed by atoms with Gasteiger partial charge in [0.15, 0.2) is 10.8 Å². The Labute approximate surface area is 126 Å². The number of nitrogens with one attached hydrogen (secondary N) is 1. The predicted octanol–water partition coefficient (Wildman–Crippen LogP) is 3.33. The lowest BCUT2D eigenvalue weighted by Crippen LogP contribution is -2.24. The van der Waals surface area contributed by atoms with E-state index in [9.17, 15) is 18.0 Å². The zero-order valence-electron chi connectivity index (χ0n) is 10.4. The number of hydrogen-bond donors (Lipinski definition) is 2. The van der Waals surface area contributed by atoms with Crippen molar-refractivity contribution >= 4 is 34.0 Å². The maximum Gasteiger partial charge on any atom is 0.435 e. The molecule has 4 nitrogen and oxygen atoms in total. The highest BCUT2D eigenvalue weighted by Gasteiger charge is 2.39. The Morgan fingerprint density at radius 3 is 2.67 bits per heavy atom. The first kappa shape index (κ1) is 15.6. The number of rotatable bonds is 3. The Morgan fingerprint density at radius 2 is 2.05 bits per heavy atom. The van der Waals surface area contributed by atoms with Gasteiger partial charge in [-0.1, -0.05) is 41.1 Å². The summed E-state index contributed by atoms with van der Waals surface area (Å²) >= 11 is 6.39. The molecule has 0 spiro atoms. The Morgan fingerprint density at radius 1 is 1.38 bits per heavy atom. The highest BCUT2D eigenvalue weighted by molar-refractivity contribution is 7.17. The number of hydrogen-bond acceptors (Lipinski definition) is 4. The maximum absolute atomic E-state index is 12.7. The van der Waals surface area contributed by atoms with Crippen LogP contribution in [0.5, 0.6) is 0 Å². The quantitative estimate of drug-likeness (QED) is 0.904. The topological polar surface area (TPSA) is 68.0 Å². The number of carbonyl (C=O) groups excluding carboxylic acids is 1. The number of anilines is 1. The number of alkyl halides is 3. The second-order valence-electron chi connectivity index (χ2n) is 4.00. The van der Waals surface area contributed by atoms with Crippen molar-refractivity contribution in [2.24, 2.45) is 0 Å². The van der Waals surface area contributed by atoms with Gasteiger partial charge in [-0.25, -0.2) is 4.98 Å². The van der Waals surface area contributed by atoms with Crippen LogP contribution in [0.25, 0.3) is 0 Å². The number of halogens is 4. The first-order valence-electron chi connectivity index (χ1n) is 5.64. The predicted molar refractivity (Wildman–Crippen MR) is 74.2 cm³/mol. The molecule has 0 bridgehead atoms. The molecule has 21 heavy (non-hydrogen) atoms. The number of nitrogens with zero attached hydrogens (tertiary/aromatic N) is 1. The minimum atomic E-state index is -4.73. The lowest BCUT2D eigenvalue weighted by Gasteiger charge is -2.08. The van der Waals surface area contributed by atoms with E-state index in [-0.39, 0.29) is 11.7 Å². The van der Waals surface area contributed by atoms with Crippen molar-refractivity contribution in [1.29, 1.82) is 0 Å². The minimum absolute atomic E-state index is 0.00755. The molecule has 0 aliphatic heterocycles. The van der Waals surface area contributed by atoms with Gasteiger partial charge in [0.25, 0.3) is 5.91 Å². The Kier molecular flexibility index (Phi) is 4.38. The summed E-state index contributed by atoms with van der Waals surface area (Å²) in [7, 11) is 0. The standard InChI is InChI=1S/C12H9ClF3N3OS/c13-7-4-2-1-3-6(7)5-18-10(20)8-9(12(14,15)16)19-11(17)21-8/h1-4H,5H2,(H2,17,19)(H,18,20). The molecule has 1 heterocycles. The molecule has 112 valence electrons. The van der Waals surface area contributed by atoms with Gasteiger partial charge >= 0.3 is 6.18 Å². The molecule has 0 aliphatic rings. The first-order chi connectivity index (χ1) is 9.79. The van der Waals surface area contributed by atoms with Gasteiger partial charge < -0.3 is 11.1 Å². The number of amides is 1. The molecule has 0 aliphatic carbocycles. The molecular weight excluding hydrogens is 327 g/mol. The van der Waals surface area contributed by atoms with Gasteiger partial charge in [0.1, 0.15) is 4.88 Å². The molecule has 0 fully saturated rings. The molecule has 2 aromatic rings. The van der Waals surface area contributed by atoms with E-state index in [0.29, 0.717) is 21.9 Å². The van der Waals surface area contributed by atoms with Crippen molar-refractivity contribution in [1.82, 2.24) is 10.3 Å². The van der Waals surface area contributed by atoms with Gasteiger partial charge in [0, 0.05) is 11.6 Å². The largest absolute Gasteiger partial charge is 0.435 e. The van der Waals surface area contributed by atoms with Crippen LogP contribution in [0.1, 0.15) is 20.9 Å². The molecule has 3 N–H and O–H groups in total. The van der Waals surface area contributed by atoms with Gasteiger partial charge in [-0.2, -0.15) is 13.2 Å². The molecule has 0 atom stereocenters. The fourth-order valence-electron chi connectivity index (χ4n) is 1.58. The number of nitrogen functional groups attached to an aromatic ring is 1. The van der Waals surface area contributed by atoms with Crippen molar-refractivity contribution in [3.05, 3.63) is 45.4 Å². The van der Waals surface area contributed by atoms with Crippen molar-refractivity contribution in [2.75, 3.05) is 5.73 Å². The van der Waals surface area contributed by atoms with Crippen LogP contribution in [0.2, 0.25) is 5.02 Å². The van der Waals surface area contributed by atoms with Crippen molar-refractivity contribution in [3.63, 3.8) is 0 Å². The van der Waals surface area contributed by atoms with E-state index >= 15 is 0 Å². The van der Waals surface area contributed by atoms with Gasteiger partial charge in [-0.05, 0) is 11.6 Å². The maximum atomic E-state index is 12.7. The summed E-state index contributed by atoms with van der Waals surface area (Å²) in [6.45, 7) is 0.00755. The number of carbonyl (C=O) groups is 1. The normalized spacial score (nSPS) is 11.4. The van der Waals surface area contributed by atoms with Gasteiger partial charge in [0.2, 0.25) is 0 Å². The lowest BCUT2D eigenvalue weighted by atomic mass is 10.2. The third-order valence-electron chi connectivity index (χ3n) is 2.52. The number of nitrogens with two attached hydrogens (primary N) is 1. The van der Waals surface area contributed by atoms with Crippen molar-refractivity contribution in [2.45, 2.75) is 12.7 Å². The second kappa shape index (κ2) is 5.90. The van der Waals surface area contributed by atoms with E-state index in [2.05, 4.69) is 10.3 Å². The van der Waals surface area contributed by atoms with Crippen molar-refractivity contribution < 1.29 is 18.0 Å². The molecule has 0 saturated carbocycles. The zero-order chi connectivity index (χ0) is 15.6. The van der Waals surface area contributed by atoms with Crippen LogP contribution in [0, 0.1) is 0 Å². The summed E-state index contributed by atoms with van der Waals surface area (Å²) in [5.74, 6) is -0.892. The van der Waals surface area contributed by atoms with Crippen LogP contribution < -0.4 is 11.1 Å². The molecule has 2 rings (SSSR count). The average molecular weight is 336 g/mol. The number of benzene rings is 1. The fourth-order valence-corrected chi connectivity index (χ4v) is 2.55. The highest BCUT2D eigenvalue weighted by Crippen LogP contribution is 2.35. The van der Waals surface area contributed by atoms with Crippen LogP contribution >= 0.6 is 22.9 Å². The van der Waals surface area contributed by atoms with Gasteiger partial charge in [-0.3, -0.25) is 4.79 Å². The van der Waals surface area contributed by atoms with Gasteiger partial charge in [0.05, 0.1) is 0 Å². The number of thiazole rings is 1. The zero-order valence-corrected chi connectivity index (χ0v) is 11.9. The molecule has 0 saturated heterocycles. The summed E-state index contributed by atoms with van der Waals surface area (Å²) in [5, 5.41) is 2.47. The van der Waals surface area contributed by atoms with Crippen molar-refractivity contribution in [3.8, 4) is 0 Å². The van der Waals surface area contributed by atoms with E-state index in [1.165, 1.54) is 0 Å². The summed E-state index contributed by atoms with van der Waals surface area (Å²) in [6, 6.07) is 6.70. The summed E-state index contributed by atoms with van der Waals surface area (Å²) in [5.41, 5.74) is 4.57. The Bertz CT molecular complexity index is 672. The number of aromatic nitrogens is 1. The van der Waals surface area contributed by atoms with Crippen LogP contribution in [0.4, 0.5) is 18.3 Å². The summed E-state index contributed by atoms with van der Waals surface area (Å²) < 4.78 is 38.2. The molecule has 1 aromatic carbocycles. The van der Waals surface area contributed by atoms with E-state index < -0.39 is 22.7 Å². The van der Waals surface area contributed by atoms with Crippen LogP contribution in [0.15, 0.2) is 24.3 Å². The Hall–Kier alpha value is -1.80. The third kappa shape index (κ3) is 3.64. The minimum Gasteiger partial charge on any atom is -0.375 e. The first-order valence-corrected chi connectivity index (χ1v) is 6.83. The van der Waals surface area contributed by atoms with Crippen LogP contribution in [-0.2, 0) is 12.7 Å². The SMILES string of the molecule is Nc1nc(C(F)(F)F)c(C(=O)NCc2ccccc2Cl)s1.